The van der Waals surface area contributed by atoms with Crippen LogP contribution in [0, 0.1) is 0 Å². The molecule has 1 saturated heterocycles. The van der Waals surface area contributed by atoms with Crippen LogP contribution >= 0.6 is 0 Å². The van der Waals surface area contributed by atoms with Gasteiger partial charge in [0, 0.05) is 32.7 Å². The van der Waals surface area contributed by atoms with Gasteiger partial charge >= 0.3 is 0 Å². The SMILES string of the molecule is CCn1c(N2CCN(CCCCN)CC2)nc2ccccc21. The number of imidazole rings is 1. The lowest BCUT2D eigenvalue weighted by atomic mass is 10.2. The molecule has 5 heteroatoms. The van der Waals surface area contributed by atoms with Crippen LogP contribution in [0.5, 0.6) is 0 Å². The standard InChI is InChI=1S/C17H27N5/c1-2-22-16-8-4-3-7-15(16)19-17(22)21-13-11-20(12-14-21)10-6-5-9-18/h3-4,7-8H,2,5-6,9-14,18H2,1H3. The van der Waals surface area contributed by atoms with Gasteiger partial charge in [-0.3, -0.25) is 4.90 Å². The van der Waals surface area contributed by atoms with Crippen molar-refractivity contribution in [2.45, 2.75) is 26.3 Å². The highest BCUT2D eigenvalue weighted by Crippen LogP contribution is 2.23. The number of nitrogens with zero attached hydrogens (tertiary/aromatic N) is 4. The highest BCUT2D eigenvalue weighted by atomic mass is 15.4. The van der Waals surface area contributed by atoms with Crippen LogP contribution in [0.2, 0.25) is 0 Å². The van der Waals surface area contributed by atoms with E-state index in [4.69, 9.17) is 10.7 Å². The molecule has 120 valence electrons. The molecule has 1 fully saturated rings. The van der Waals surface area contributed by atoms with Crippen LogP contribution in [-0.4, -0.2) is 53.7 Å². The number of rotatable bonds is 6. The summed E-state index contributed by atoms with van der Waals surface area (Å²) < 4.78 is 2.33. The van der Waals surface area contributed by atoms with Crippen LogP contribution in [0.25, 0.3) is 11.0 Å². The third-order valence-electron chi connectivity index (χ3n) is 4.53. The number of aryl methyl sites for hydroxylation is 1. The fraction of sp³-hybridized carbons (Fsp3) is 0.588. The number of aromatic nitrogens is 2. The molecule has 0 bridgehead atoms. The maximum absolute atomic E-state index is 5.57. The summed E-state index contributed by atoms with van der Waals surface area (Å²) in [5.41, 5.74) is 7.92. The molecule has 2 N–H and O–H groups in total. The summed E-state index contributed by atoms with van der Waals surface area (Å²) in [6.45, 7) is 9.51. The number of unbranched alkanes of at least 4 members (excludes halogenated alkanes) is 1. The van der Waals surface area contributed by atoms with Crippen molar-refractivity contribution < 1.29 is 0 Å². The van der Waals surface area contributed by atoms with Crippen molar-refractivity contribution in [2.75, 3.05) is 44.2 Å². The van der Waals surface area contributed by atoms with Crippen LogP contribution in [0.3, 0.4) is 0 Å². The van der Waals surface area contributed by atoms with Gasteiger partial charge in [0.1, 0.15) is 0 Å². The number of piperazine rings is 1. The van der Waals surface area contributed by atoms with Crippen LogP contribution in [0.15, 0.2) is 24.3 Å². The minimum absolute atomic E-state index is 0.806. The Morgan fingerprint density at radius 2 is 1.86 bits per heavy atom. The zero-order chi connectivity index (χ0) is 15.4. The lowest BCUT2D eigenvalue weighted by Gasteiger charge is -2.35. The fourth-order valence-electron chi connectivity index (χ4n) is 3.27. The van der Waals surface area contributed by atoms with Crippen molar-refractivity contribution in [1.29, 1.82) is 0 Å². The molecule has 0 amide bonds. The van der Waals surface area contributed by atoms with Crippen LogP contribution in [0.1, 0.15) is 19.8 Å². The molecular weight excluding hydrogens is 274 g/mol. The van der Waals surface area contributed by atoms with E-state index in [1.165, 1.54) is 18.5 Å². The summed E-state index contributed by atoms with van der Waals surface area (Å²) in [5, 5.41) is 0. The molecule has 3 rings (SSSR count). The topological polar surface area (TPSA) is 50.3 Å². The Hall–Kier alpha value is -1.59. The second-order valence-electron chi connectivity index (χ2n) is 5.97. The normalized spacial score (nSPS) is 16.5. The van der Waals surface area contributed by atoms with Gasteiger partial charge in [-0.25, -0.2) is 4.98 Å². The molecule has 2 aromatic rings. The van der Waals surface area contributed by atoms with Gasteiger partial charge in [0.05, 0.1) is 11.0 Å². The first kappa shape index (κ1) is 15.3. The first-order chi connectivity index (χ1) is 10.8. The summed E-state index contributed by atoms with van der Waals surface area (Å²) in [6.07, 6.45) is 2.34. The smallest absolute Gasteiger partial charge is 0.206 e. The summed E-state index contributed by atoms with van der Waals surface area (Å²) in [4.78, 5) is 9.84. The third kappa shape index (κ3) is 3.10. The Balaban J connectivity index is 1.68. The highest BCUT2D eigenvalue weighted by Gasteiger charge is 2.21. The minimum atomic E-state index is 0.806. The maximum Gasteiger partial charge on any atom is 0.206 e. The highest BCUT2D eigenvalue weighted by molar-refractivity contribution is 5.78. The van der Waals surface area contributed by atoms with E-state index in [2.05, 4.69) is 45.6 Å². The molecule has 0 radical (unpaired) electrons. The van der Waals surface area contributed by atoms with Gasteiger partial charge in [-0.2, -0.15) is 0 Å². The first-order valence-electron chi connectivity index (χ1n) is 8.46. The van der Waals surface area contributed by atoms with E-state index in [0.717, 1.165) is 57.2 Å². The van der Waals surface area contributed by atoms with Crippen molar-refractivity contribution in [2.24, 2.45) is 5.73 Å². The predicted octanol–water partition coefficient (Wildman–Crippen LogP) is 1.92. The second kappa shape index (κ2) is 7.11. The number of nitrogens with two attached hydrogens (primary N) is 1. The molecule has 0 unspecified atom stereocenters. The van der Waals surface area contributed by atoms with Gasteiger partial charge in [-0.05, 0) is 45.0 Å². The summed E-state index contributed by atoms with van der Waals surface area (Å²) >= 11 is 0. The van der Waals surface area contributed by atoms with E-state index in [1.807, 2.05) is 0 Å². The van der Waals surface area contributed by atoms with Gasteiger partial charge < -0.3 is 15.2 Å². The number of fused-ring (bicyclic) bond motifs is 1. The van der Waals surface area contributed by atoms with E-state index in [-0.39, 0.29) is 0 Å². The Morgan fingerprint density at radius 1 is 1.09 bits per heavy atom. The monoisotopic (exact) mass is 301 g/mol. The lowest BCUT2D eigenvalue weighted by molar-refractivity contribution is 0.252. The molecule has 1 aromatic carbocycles. The van der Waals surface area contributed by atoms with Crippen molar-refractivity contribution in [3.8, 4) is 0 Å². The molecule has 0 atom stereocenters. The predicted molar refractivity (Wildman–Crippen MR) is 92.3 cm³/mol. The van der Waals surface area contributed by atoms with E-state index in [9.17, 15) is 0 Å². The van der Waals surface area contributed by atoms with Crippen LogP contribution in [0.4, 0.5) is 5.95 Å². The van der Waals surface area contributed by atoms with Crippen molar-refractivity contribution in [3.63, 3.8) is 0 Å². The Morgan fingerprint density at radius 3 is 2.59 bits per heavy atom. The summed E-state index contributed by atoms with van der Waals surface area (Å²) in [5.74, 6) is 1.13. The molecule has 1 aromatic heterocycles. The summed E-state index contributed by atoms with van der Waals surface area (Å²) in [7, 11) is 0. The minimum Gasteiger partial charge on any atom is -0.340 e. The molecule has 2 heterocycles. The lowest BCUT2D eigenvalue weighted by Crippen LogP contribution is -2.47. The molecule has 0 saturated carbocycles. The molecule has 0 aliphatic carbocycles. The third-order valence-corrected chi connectivity index (χ3v) is 4.53. The first-order valence-corrected chi connectivity index (χ1v) is 8.46. The molecule has 0 spiro atoms. The van der Waals surface area contributed by atoms with Crippen LogP contribution < -0.4 is 10.6 Å². The molecule has 5 nitrogen and oxygen atoms in total. The van der Waals surface area contributed by atoms with Crippen molar-refractivity contribution in [1.82, 2.24) is 14.5 Å². The average molecular weight is 301 g/mol. The summed E-state index contributed by atoms with van der Waals surface area (Å²) in [6, 6.07) is 8.43. The zero-order valence-electron chi connectivity index (χ0n) is 13.5. The number of hydrogen-bond acceptors (Lipinski definition) is 4. The number of anilines is 1. The van der Waals surface area contributed by atoms with Gasteiger partial charge in [-0.15, -0.1) is 0 Å². The molecular formula is C17H27N5. The molecule has 1 aliphatic rings. The number of hydrogen-bond donors (Lipinski definition) is 1. The Labute approximate surface area is 132 Å². The van der Waals surface area contributed by atoms with Crippen molar-refractivity contribution >= 4 is 17.0 Å². The van der Waals surface area contributed by atoms with E-state index >= 15 is 0 Å². The van der Waals surface area contributed by atoms with Crippen molar-refractivity contribution in [3.05, 3.63) is 24.3 Å². The quantitative estimate of drug-likeness (QED) is 0.828. The fourth-order valence-corrected chi connectivity index (χ4v) is 3.27. The maximum atomic E-state index is 5.57. The zero-order valence-corrected chi connectivity index (χ0v) is 13.5. The largest absolute Gasteiger partial charge is 0.340 e. The molecule has 22 heavy (non-hydrogen) atoms. The number of para-hydroxylation sites is 2. The van der Waals surface area contributed by atoms with Gasteiger partial charge in [0.15, 0.2) is 0 Å². The van der Waals surface area contributed by atoms with E-state index in [0.29, 0.717) is 0 Å². The Bertz CT molecular complexity index is 598. The van der Waals surface area contributed by atoms with Gasteiger partial charge in [0.25, 0.3) is 0 Å². The Kier molecular flexibility index (Phi) is 4.95. The van der Waals surface area contributed by atoms with Gasteiger partial charge in [-0.1, -0.05) is 12.1 Å². The van der Waals surface area contributed by atoms with Gasteiger partial charge in [0.2, 0.25) is 5.95 Å². The van der Waals surface area contributed by atoms with Crippen LogP contribution in [-0.2, 0) is 6.54 Å². The number of benzene rings is 1. The van der Waals surface area contributed by atoms with E-state index in [1.54, 1.807) is 0 Å². The second-order valence-corrected chi connectivity index (χ2v) is 5.97. The molecule has 1 aliphatic heterocycles. The average Bonchev–Trinajstić information content (AvgIpc) is 2.94. The van der Waals surface area contributed by atoms with E-state index < -0.39 is 0 Å².